The van der Waals surface area contributed by atoms with Crippen molar-refractivity contribution < 1.29 is 19.7 Å². The molecule has 0 amide bonds. The number of aryl methyl sites for hydroxylation is 1. The van der Waals surface area contributed by atoms with Crippen LogP contribution in [0.3, 0.4) is 0 Å². The van der Waals surface area contributed by atoms with Gasteiger partial charge in [0.25, 0.3) is 5.56 Å². The first kappa shape index (κ1) is 14.4. The minimum Gasteiger partial charge on any atom is -0.394 e. The first-order chi connectivity index (χ1) is 9.36. The molecule has 20 heavy (non-hydrogen) atoms. The lowest BCUT2D eigenvalue weighted by atomic mass is 9.98. The number of hydrogen-bond acceptors (Lipinski definition) is 6. The number of aromatic nitrogens is 2. The molecule has 2 rings (SSSR count). The standard InChI is InChI=1S/C12H14N2O6/c1-5-3-14(12(19)13-10(5)18)11-9(17)6(2)8(16)7(4-15)20-11/h3,7-8,11,15-16H,2,4H2,1H3,(H,13,18,19)/t7-,8+,11-/m1/s1. The fourth-order valence-corrected chi connectivity index (χ4v) is 1.93. The second-order valence-electron chi connectivity index (χ2n) is 4.52. The molecule has 1 aliphatic rings. The van der Waals surface area contributed by atoms with Crippen molar-refractivity contribution in [2.24, 2.45) is 0 Å². The number of ether oxygens (including phenoxy) is 1. The predicted molar refractivity (Wildman–Crippen MR) is 67.2 cm³/mol. The summed E-state index contributed by atoms with van der Waals surface area (Å²) in [5.41, 5.74) is -1.32. The Labute approximate surface area is 112 Å². The van der Waals surface area contributed by atoms with Crippen LogP contribution in [0.4, 0.5) is 0 Å². The molecule has 108 valence electrons. The van der Waals surface area contributed by atoms with E-state index in [1.54, 1.807) is 0 Å². The number of aliphatic hydroxyl groups is 2. The number of nitrogens with zero attached hydrogens (tertiary/aromatic N) is 1. The van der Waals surface area contributed by atoms with E-state index in [4.69, 9.17) is 9.84 Å². The largest absolute Gasteiger partial charge is 0.394 e. The maximum atomic E-state index is 12.0. The van der Waals surface area contributed by atoms with E-state index in [1.165, 1.54) is 13.1 Å². The molecule has 1 aromatic heterocycles. The summed E-state index contributed by atoms with van der Waals surface area (Å²) in [6, 6.07) is 0. The molecule has 0 radical (unpaired) electrons. The van der Waals surface area contributed by atoms with Crippen LogP contribution in [0.25, 0.3) is 0 Å². The minimum atomic E-state index is -1.37. The van der Waals surface area contributed by atoms with Crippen LogP contribution in [0.1, 0.15) is 11.8 Å². The van der Waals surface area contributed by atoms with Gasteiger partial charge in [0.15, 0.2) is 0 Å². The van der Waals surface area contributed by atoms with Crippen LogP contribution in [-0.2, 0) is 9.53 Å². The van der Waals surface area contributed by atoms with Gasteiger partial charge in [0.2, 0.25) is 12.0 Å². The second-order valence-corrected chi connectivity index (χ2v) is 4.52. The van der Waals surface area contributed by atoms with Gasteiger partial charge in [0, 0.05) is 17.3 Å². The molecule has 8 heteroatoms. The molecule has 2 heterocycles. The molecule has 0 spiro atoms. The van der Waals surface area contributed by atoms with Crippen molar-refractivity contribution in [2.45, 2.75) is 25.4 Å². The first-order valence-electron chi connectivity index (χ1n) is 5.86. The molecule has 3 N–H and O–H groups in total. The van der Waals surface area contributed by atoms with Gasteiger partial charge < -0.3 is 14.9 Å². The van der Waals surface area contributed by atoms with E-state index in [0.29, 0.717) is 0 Å². The Balaban J connectivity index is 2.49. The Hall–Kier alpha value is -2.03. The number of ketones is 1. The average molecular weight is 282 g/mol. The fraction of sp³-hybridized carbons (Fsp3) is 0.417. The third kappa shape index (κ3) is 2.24. The number of carbonyl (C=O) groups excluding carboxylic acids is 1. The minimum absolute atomic E-state index is 0.156. The topological polar surface area (TPSA) is 122 Å². The normalized spacial score (nSPS) is 26.9. The number of Topliss-reactive ketones (excluding diaryl/α,β-unsaturated/α-hetero) is 1. The molecule has 3 atom stereocenters. The van der Waals surface area contributed by atoms with E-state index in [0.717, 1.165) is 4.57 Å². The summed E-state index contributed by atoms with van der Waals surface area (Å²) in [7, 11) is 0. The number of carbonyl (C=O) groups is 1. The molecule has 0 unspecified atom stereocenters. The van der Waals surface area contributed by atoms with Crippen molar-refractivity contribution >= 4 is 5.78 Å². The summed E-state index contributed by atoms with van der Waals surface area (Å²) in [5, 5.41) is 18.8. The number of rotatable bonds is 2. The predicted octanol–water partition coefficient (Wildman–Crippen LogP) is -1.78. The second kappa shape index (κ2) is 5.16. The van der Waals surface area contributed by atoms with Gasteiger partial charge in [-0.1, -0.05) is 6.58 Å². The lowest BCUT2D eigenvalue weighted by Gasteiger charge is -2.33. The summed E-state index contributed by atoms with van der Waals surface area (Å²) in [6.45, 7) is 4.37. The third-order valence-electron chi connectivity index (χ3n) is 3.13. The Kier molecular flexibility index (Phi) is 3.71. The Bertz CT molecular complexity index is 673. The van der Waals surface area contributed by atoms with Crippen LogP contribution >= 0.6 is 0 Å². The van der Waals surface area contributed by atoms with Crippen molar-refractivity contribution in [1.82, 2.24) is 9.55 Å². The Morgan fingerprint density at radius 1 is 1.45 bits per heavy atom. The molecule has 1 aliphatic heterocycles. The molecule has 0 aliphatic carbocycles. The first-order valence-corrected chi connectivity index (χ1v) is 5.86. The number of aliphatic hydroxyl groups excluding tert-OH is 2. The summed E-state index contributed by atoms with van der Waals surface area (Å²) in [5.74, 6) is -0.684. The van der Waals surface area contributed by atoms with Gasteiger partial charge in [-0.15, -0.1) is 0 Å². The van der Waals surface area contributed by atoms with E-state index < -0.39 is 42.1 Å². The molecule has 1 fully saturated rings. The number of H-pyrrole nitrogens is 1. The van der Waals surface area contributed by atoms with Gasteiger partial charge in [-0.05, 0) is 6.92 Å². The zero-order valence-electron chi connectivity index (χ0n) is 10.7. The Morgan fingerprint density at radius 3 is 2.70 bits per heavy atom. The van der Waals surface area contributed by atoms with Crippen molar-refractivity contribution in [1.29, 1.82) is 0 Å². The molecule has 0 aromatic carbocycles. The van der Waals surface area contributed by atoms with Gasteiger partial charge in [-0.2, -0.15) is 0 Å². The van der Waals surface area contributed by atoms with Crippen molar-refractivity contribution in [2.75, 3.05) is 6.61 Å². The lowest BCUT2D eigenvalue weighted by molar-refractivity contribution is -0.164. The van der Waals surface area contributed by atoms with E-state index in [2.05, 4.69) is 6.58 Å². The van der Waals surface area contributed by atoms with Crippen LogP contribution in [0.5, 0.6) is 0 Å². The highest BCUT2D eigenvalue weighted by atomic mass is 16.5. The molecule has 1 aromatic rings. The van der Waals surface area contributed by atoms with Crippen LogP contribution in [0.2, 0.25) is 0 Å². The number of aromatic amines is 1. The molecular formula is C12H14N2O6. The zero-order chi connectivity index (χ0) is 15.0. The van der Waals surface area contributed by atoms with Gasteiger partial charge in [0.1, 0.15) is 12.2 Å². The fourth-order valence-electron chi connectivity index (χ4n) is 1.93. The van der Waals surface area contributed by atoms with Crippen molar-refractivity contribution in [3.05, 3.63) is 44.8 Å². The molecule has 1 saturated heterocycles. The van der Waals surface area contributed by atoms with Crippen molar-refractivity contribution in [3.8, 4) is 0 Å². The maximum absolute atomic E-state index is 12.0. The van der Waals surface area contributed by atoms with Gasteiger partial charge in [-0.3, -0.25) is 19.1 Å². The maximum Gasteiger partial charge on any atom is 0.330 e. The number of nitrogens with one attached hydrogen (secondary N) is 1. The SMILES string of the molecule is C=C1C(=O)[C@H](n2cc(C)c(=O)[nH]c2=O)O[C@H](CO)[C@H]1O. The summed E-state index contributed by atoms with van der Waals surface area (Å²) >= 11 is 0. The van der Waals surface area contributed by atoms with E-state index in [9.17, 15) is 19.5 Å². The van der Waals surface area contributed by atoms with Crippen LogP contribution in [0, 0.1) is 6.92 Å². The quantitative estimate of drug-likeness (QED) is 0.551. The van der Waals surface area contributed by atoms with Gasteiger partial charge in [-0.25, -0.2) is 4.79 Å². The van der Waals surface area contributed by atoms with E-state index in [1.807, 2.05) is 4.98 Å². The zero-order valence-corrected chi connectivity index (χ0v) is 10.7. The van der Waals surface area contributed by atoms with Crippen molar-refractivity contribution in [3.63, 3.8) is 0 Å². The average Bonchev–Trinajstić information content (AvgIpc) is 2.41. The molecular weight excluding hydrogens is 268 g/mol. The van der Waals surface area contributed by atoms with Gasteiger partial charge in [0.05, 0.1) is 6.61 Å². The highest BCUT2D eigenvalue weighted by molar-refractivity contribution is 5.98. The van der Waals surface area contributed by atoms with E-state index >= 15 is 0 Å². The van der Waals surface area contributed by atoms with Gasteiger partial charge >= 0.3 is 5.69 Å². The molecule has 8 nitrogen and oxygen atoms in total. The number of hydrogen-bond donors (Lipinski definition) is 3. The monoisotopic (exact) mass is 282 g/mol. The van der Waals surface area contributed by atoms with Crippen LogP contribution in [-0.4, -0.2) is 44.4 Å². The highest BCUT2D eigenvalue weighted by Crippen LogP contribution is 2.26. The smallest absolute Gasteiger partial charge is 0.330 e. The van der Waals surface area contributed by atoms with Crippen LogP contribution in [0.15, 0.2) is 27.9 Å². The molecule has 0 saturated carbocycles. The highest BCUT2D eigenvalue weighted by Gasteiger charge is 2.40. The lowest BCUT2D eigenvalue weighted by Crippen LogP contribution is -2.49. The Morgan fingerprint density at radius 2 is 2.10 bits per heavy atom. The third-order valence-corrected chi connectivity index (χ3v) is 3.13. The van der Waals surface area contributed by atoms with E-state index in [-0.39, 0.29) is 11.1 Å². The molecule has 0 bridgehead atoms. The summed E-state index contributed by atoms with van der Waals surface area (Å²) < 4.78 is 6.12. The summed E-state index contributed by atoms with van der Waals surface area (Å²) in [6.07, 6.45) is -2.58. The summed E-state index contributed by atoms with van der Waals surface area (Å²) in [4.78, 5) is 37.1. The van der Waals surface area contributed by atoms with Crippen LogP contribution < -0.4 is 11.2 Å².